The highest BCUT2D eigenvalue weighted by Crippen LogP contribution is 2.46. The minimum atomic E-state index is -3.11. The first-order chi connectivity index (χ1) is 49.8. The zero-order valence-corrected chi connectivity index (χ0v) is 59.1. The third-order valence-electron chi connectivity index (χ3n) is 19.4. The van der Waals surface area contributed by atoms with Gasteiger partial charge in [0, 0.05) is 91.9 Å². The van der Waals surface area contributed by atoms with E-state index in [0.717, 1.165) is 197 Å². The van der Waals surface area contributed by atoms with Crippen LogP contribution in [0.1, 0.15) is 130 Å². The van der Waals surface area contributed by atoms with Gasteiger partial charge in [0.15, 0.2) is 0 Å². The van der Waals surface area contributed by atoms with Crippen molar-refractivity contribution in [1.82, 2.24) is 86.6 Å². The highest BCUT2D eigenvalue weighted by atomic mass is 32.2. The number of benzene rings is 6. The molecule has 102 heavy (non-hydrogen) atoms. The smallest absolute Gasteiger partial charge is 0.216 e. The fraction of sp³-hybridized carbons (Fsp3) is 0.403. The second kappa shape index (κ2) is 33.0. The molecule has 3 aromatic heterocycles. The standard InChI is InChI=1S/C27H34N6O3S.C26H30N6O2.C24H28N6O/c1-37(34,35)29-16-6-2-3-7-19-33-31-26(30-32-33)22-12-10-21(11-13-22)24-20-27(14-17-28-18-15-27)36-25-9-5-4-8-23(24)25;1-19(33)28-14-4-5-17-32-30-25(29-31-32)21-10-8-20(9-11-21)23-18-26(12-15-27-16-13-26)34-24-7-3-2-6-22(23)24;25-13-3-4-16-30-28-23(27-29-30)19-9-7-18(8-10-19)21-17-24(11-14-26-15-12-24)31-22-6-2-1-5-20(21)22/h4-5,8-13,20,28-29H,2-3,6-7,14-19H2,1H3;2-3,6-11,18,27H,4-5,12-17H2,1H3,(H,28,33);1-2,5-10,17,26H,3-4,11-16,25H2. The van der Waals surface area contributed by atoms with Gasteiger partial charge in [-0.1, -0.05) is 140 Å². The van der Waals surface area contributed by atoms with Gasteiger partial charge in [-0.2, -0.15) is 14.4 Å². The summed E-state index contributed by atoms with van der Waals surface area (Å²) in [6.07, 6.45) is 21.3. The van der Waals surface area contributed by atoms with Gasteiger partial charge in [0.25, 0.3) is 0 Å². The van der Waals surface area contributed by atoms with E-state index in [1.807, 2.05) is 18.2 Å². The molecule has 6 aliphatic rings. The molecule has 1 amide bonds. The lowest BCUT2D eigenvalue weighted by Gasteiger charge is -2.40. The Morgan fingerprint density at radius 1 is 0.441 bits per heavy atom. The summed E-state index contributed by atoms with van der Waals surface area (Å²) in [5, 5.41) is 52.0. The van der Waals surface area contributed by atoms with Gasteiger partial charge in [0.1, 0.15) is 34.1 Å². The number of rotatable bonds is 23. The maximum atomic E-state index is 11.1. The Balaban J connectivity index is 0.000000137. The van der Waals surface area contributed by atoms with E-state index in [4.69, 9.17) is 19.9 Å². The van der Waals surface area contributed by atoms with Crippen LogP contribution in [0.2, 0.25) is 0 Å². The number of ether oxygens (including phenoxy) is 3. The number of amides is 1. The molecule has 6 aromatic carbocycles. The van der Waals surface area contributed by atoms with E-state index in [9.17, 15) is 13.2 Å². The molecule has 0 aliphatic carbocycles. The van der Waals surface area contributed by atoms with Crippen molar-refractivity contribution >= 4 is 32.6 Å². The first kappa shape index (κ1) is 70.8. The topological polar surface area (TPSA) is 296 Å². The number of aryl methyl sites for hydroxylation is 3. The van der Waals surface area contributed by atoms with Crippen molar-refractivity contribution in [3.8, 4) is 51.4 Å². The van der Waals surface area contributed by atoms with Gasteiger partial charge >= 0.3 is 0 Å². The van der Waals surface area contributed by atoms with Gasteiger partial charge in [-0.25, -0.2) is 13.1 Å². The molecule has 6 aliphatic heterocycles. The molecule has 25 heteroatoms. The van der Waals surface area contributed by atoms with Crippen molar-refractivity contribution in [3.63, 3.8) is 0 Å². The number of hydrogen-bond acceptors (Lipinski definition) is 19. The van der Waals surface area contributed by atoms with Crippen LogP contribution >= 0.6 is 0 Å². The van der Waals surface area contributed by atoms with Gasteiger partial charge in [0.05, 0.1) is 25.9 Å². The third kappa shape index (κ3) is 18.0. The molecule has 7 N–H and O–H groups in total. The average molecular weight is 1400 g/mol. The van der Waals surface area contributed by atoms with E-state index >= 15 is 0 Å². The molecule has 9 aromatic rings. The van der Waals surface area contributed by atoms with E-state index in [-0.39, 0.29) is 22.7 Å². The maximum absolute atomic E-state index is 11.1. The summed E-state index contributed by atoms with van der Waals surface area (Å²) in [6, 6.07) is 50.1. The fourth-order valence-electron chi connectivity index (χ4n) is 13.9. The molecule has 0 unspecified atom stereocenters. The Bertz CT molecular complexity index is 4490. The zero-order valence-electron chi connectivity index (χ0n) is 58.3. The van der Waals surface area contributed by atoms with E-state index in [1.54, 1.807) is 14.4 Å². The lowest BCUT2D eigenvalue weighted by atomic mass is 9.83. The molecule has 0 atom stereocenters. The average Bonchev–Trinajstić information content (AvgIpc) is 0.849. The number of para-hydroxylation sites is 3. The molecule has 15 rings (SSSR count). The molecule has 0 saturated carbocycles. The number of unbranched alkanes of at least 4 members (excludes halogenated alkanes) is 5. The number of fused-ring (bicyclic) bond motifs is 3. The van der Waals surface area contributed by atoms with Gasteiger partial charge in [0.2, 0.25) is 33.4 Å². The number of aromatic nitrogens is 12. The fourth-order valence-corrected chi connectivity index (χ4v) is 14.4. The van der Waals surface area contributed by atoms with Crippen molar-refractivity contribution in [2.75, 3.05) is 65.2 Å². The van der Waals surface area contributed by atoms with Crippen LogP contribution in [0.15, 0.2) is 164 Å². The SMILES string of the molecule is CC(=O)NCCCCn1nnc(-c2ccc(C3=CC4(CCNCC4)Oc4ccccc43)cc2)n1.CS(=O)(=O)NCCCCCCn1nnc(-c2ccc(C3=CC4(CCNCC4)Oc4ccccc43)cc2)n1.NCCCCn1nnc(-c2ccc(C3=CC4(CCNCC4)Oc4ccccc43)cc2)n1. The Kier molecular flexibility index (Phi) is 22.9. The van der Waals surface area contributed by atoms with Crippen molar-refractivity contribution in [1.29, 1.82) is 0 Å². The van der Waals surface area contributed by atoms with E-state index in [0.29, 0.717) is 50.2 Å². The summed E-state index contributed by atoms with van der Waals surface area (Å²) in [4.78, 5) is 15.8. The summed E-state index contributed by atoms with van der Waals surface area (Å²) >= 11 is 0. The quantitative estimate of drug-likeness (QED) is 0.0325. The Morgan fingerprint density at radius 2 is 0.755 bits per heavy atom. The number of carbonyl (C=O) groups is 1. The van der Waals surface area contributed by atoms with Gasteiger partial charge < -0.3 is 41.2 Å². The molecule has 3 fully saturated rings. The summed E-state index contributed by atoms with van der Waals surface area (Å²) in [6.45, 7) is 11.2. The maximum Gasteiger partial charge on any atom is 0.216 e. The lowest BCUT2D eigenvalue weighted by Crippen LogP contribution is -2.46. The van der Waals surface area contributed by atoms with Gasteiger partial charge in [-0.15, -0.1) is 30.6 Å². The van der Waals surface area contributed by atoms with Gasteiger partial charge in [-0.3, -0.25) is 4.79 Å². The molecule has 3 saturated heterocycles. The summed E-state index contributed by atoms with van der Waals surface area (Å²) in [5.74, 6) is 4.74. The monoisotopic (exact) mass is 1400 g/mol. The van der Waals surface area contributed by atoms with Crippen LogP contribution in [-0.4, -0.2) is 157 Å². The van der Waals surface area contributed by atoms with Crippen LogP contribution in [0.3, 0.4) is 0 Å². The largest absolute Gasteiger partial charge is 0.482 e. The predicted octanol–water partition coefficient (Wildman–Crippen LogP) is 9.62. The van der Waals surface area contributed by atoms with Gasteiger partial charge in [-0.05, 0) is 170 Å². The highest BCUT2D eigenvalue weighted by molar-refractivity contribution is 7.88. The van der Waals surface area contributed by atoms with Crippen molar-refractivity contribution in [3.05, 3.63) is 197 Å². The van der Waals surface area contributed by atoms with Crippen LogP contribution in [-0.2, 0) is 34.5 Å². The second-order valence-corrected chi connectivity index (χ2v) is 28.9. The summed E-state index contributed by atoms with van der Waals surface area (Å²) in [7, 11) is -3.11. The van der Waals surface area contributed by atoms with Crippen LogP contribution in [0.4, 0.5) is 0 Å². The number of nitrogens with two attached hydrogens (primary N) is 1. The second-order valence-electron chi connectivity index (χ2n) is 27.0. The number of carbonyl (C=O) groups excluding carboxylic acids is 1. The number of hydrogen-bond donors (Lipinski definition) is 6. The third-order valence-corrected chi connectivity index (χ3v) is 20.1. The van der Waals surface area contributed by atoms with Crippen molar-refractivity contribution in [2.45, 2.75) is 133 Å². The summed E-state index contributed by atoms with van der Waals surface area (Å²) in [5.41, 5.74) is 18.2. The minimum Gasteiger partial charge on any atom is -0.482 e. The number of nitrogens with zero attached hydrogens (tertiary/aromatic N) is 12. The van der Waals surface area contributed by atoms with Crippen LogP contribution in [0.25, 0.3) is 50.9 Å². The van der Waals surface area contributed by atoms with E-state index in [2.05, 4.69) is 218 Å². The lowest BCUT2D eigenvalue weighted by molar-refractivity contribution is -0.118. The number of nitrogens with one attached hydrogen (secondary N) is 5. The van der Waals surface area contributed by atoms with Crippen LogP contribution in [0.5, 0.6) is 17.2 Å². The van der Waals surface area contributed by atoms with Crippen molar-refractivity contribution < 1.29 is 27.4 Å². The molecule has 0 radical (unpaired) electrons. The molecule has 0 bridgehead atoms. The Hall–Kier alpha value is -9.63. The number of sulfonamides is 1. The first-order valence-electron chi connectivity index (χ1n) is 36.0. The molecule has 532 valence electrons. The number of piperidine rings is 3. The molecule has 24 nitrogen and oxygen atoms in total. The minimum absolute atomic E-state index is 0.00413. The highest BCUT2D eigenvalue weighted by Gasteiger charge is 2.40. The van der Waals surface area contributed by atoms with E-state index < -0.39 is 10.0 Å². The predicted molar refractivity (Wildman–Crippen MR) is 394 cm³/mol. The number of tetrazole rings is 3. The summed E-state index contributed by atoms with van der Waals surface area (Å²) < 4.78 is 44.2. The zero-order chi connectivity index (χ0) is 70.2. The Labute approximate surface area is 596 Å². The molecule has 3 spiro atoms. The Morgan fingerprint density at radius 3 is 1.10 bits per heavy atom. The molecular weight excluding hydrogens is 1310 g/mol. The molecule has 9 heterocycles. The molecular formula is C77H92N18O6S. The normalized spacial score (nSPS) is 16.8. The first-order valence-corrected chi connectivity index (χ1v) is 37.9. The van der Waals surface area contributed by atoms with Crippen LogP contribution < -0.4 is 45.9 Å². The van der Waals surface area contributed by atoms with Crippen LogP contribution in [0, 0.1) is 0 Å². The van der Waals surface area contributed by atoms with E-state index in [1.165, 1.54) is 35.5 Å². The van der Waals surface area contributed by atoms with Crippen molar-refractivity contribution in [2.24, 2.45) is 5.73 Å².